The molecule has 1 aliphatic heterocycles. The molecule has 0 bridgehead atoms. The molecule has 1 aromatic heterocycles. The van der Waals surface area contributed by atoms with E-state index in [0.717, 1.165) is 0 Å². The Hall–Kier alpha value is -1.22. The van der Waals surface area contributed by atoms with Crippen molar-refractivity contribution in [3.05, 3.63) is 11.7 Å². The van der Waals surface area contributed by atoms with Crippen molar-refractivity contribution in [3.8, 4) is 0 Å². The van der Waals surface area contributed by atoms with Gasteiger partial charge in [0, 0.05) is 32.6 Å². The molecule has 0 atom stereocenters. The van der Waals surface area contributed by atoms with Crippen molar-refractivity contribution >= 4 is 0 Å². The van der Waals surface area contributed by atoms with Gasteiger partial charge >= 0.3 is 12.3 Å². The largest absolute Gasteiger partial charge is 0.339 e. The van der Waals surface area contributed by atoms with E-state index in [1.54, 1.807) is 0 Å². The molecule has 120 valence electrons. The molecule has 0 saturated carbocycles. The fraction of sp³-hybridized carbons (Fsp3) is 0.833. The van der Waals surface area contributed by atoms with E-state index in [-0.39, 0.29) is 0 Å². The first-order valence-electron chi connectivity index (χ1n) is 6.83. The van der Waals surface area contributed by atoms with Gasteiger partial charge in [0.25, 0.3) is 0 Å². The molecule has 0 aromatic carbocycles. The zero-order chi connectivity index (χ0) is 15.5. The summed E-state index contributed by atoms with van der Waals surface area (Å²) in [4.78, 5) is 7.52. The summed E-state index contributed by atoms with van der Waals surface area (Å²) >= 11 is 0. The maximum atomic E-state index is 13.0. The summed E-state index contributed by atoms with van der Waals surface area (Å²) in [6, 6.07) is 0. The third-order valence-electron chi connectivity index (χ3n) is 3.40. The molecule has 0 aliphatic carbocycles. The van der Waals surface area contributed by atoms with E-state index in [0.29, 0.717) is 50.9 Å². The van der Waals surface area contributed by atoms with Crippen molar-refractivity contribution in [3.63, 3.8) is 0 Å². The van der Waals surface area contributed by atoms with Crippen LogP contribution in [0.5, 0.6) is 0 Å². The lowest BCUT2D eigenvalue weighted by atomic mass is 10.2. The average molecular weight is 310 g/mol. The fourth-order valence-electron chi connectivity index (χ4n) is 2.17. The summed E-state index contributed by atoms with van der Waals surface area (Å²) in [6.45, 7) is 3.13. The number of piperazine rings is 1. The van der Waals surface area contributed by atoms with Crippen LogP contribution < -0.4 is 0 Å². The number of alkyl halides is 4. The second kappa shape index (κ2) is 6.69. The molecule has 1 fully saturated rings. The van der Waals surface area contributed by atoms with Crippen LogP contribution in [0.4, 0.5) is 17.6 Å². The minimum Gasteiger partial charge on any atom is -0.339 e. The minimum atomic E-state index is -3.95. The van der Waals surface area contributed by atoms with Gasteiger partial charge in [0.1, 0.15) is 0 Å². The van der Waals surface area contributed by atoms with Gasteiger partial charge in [0.05, 0.1) is 13.1 Å². The number of nitrogens with zero attached hydrogens (tertiary/aromatic N) is 4. The Balaban J connectivity index is 1.78. The predicted molar refractivity (Wildman–Crippen MR) is 66.3 cm³/mol. The van der Waals surface area contributed by atoms with Gasteiger partial charge < -0.3 is 4.52 Å². The average Bonchev–Trinajstić information content (AvgIpc) is 2.88. The first kappa shape index (κ1) is 16.2. The van der Waals surface area contributed by atoms with E-state index in [1.165, 1.54) is 4.90 Å². The van der Waals surface area contributed by atoms with Gasteiger partial charge in [-0.3, -0.25) is 9.80 Å². The SMILES string of the molecule is CCc1nc(CN2CCN(CC(F)(F)C(F)F)CC2)no1. The molecule has 2 heterocycles. The Morgan fingerprint density at radius 2 is 1.81 bits per heavy atom. The molecule has 1 saturated heterocycles. The van der Waals surface area contributed by atoms with Crippen molar-refractivity contribution in [1.29, 1.82) is 0 Å². The van der Waals surface area contributed by atoms with Crippen LogP contribution >= 0.6 is 0 Å². The maximum absolute atomic E-state index is 13.0. The second-order valence-electron chi connectivity index (χ2n) is 5.07. The van der Waals surface area contributed by atoms with E-state index >= 15 is 0 Å². The summed E-state index contributed by atoms with van der Waals surface area (Å²) < 4.78 is 55.3. The highest BCUT2D eigenvalue weighted by Crippen LogP contribution is 2.24. The van der Waals surface area contributed by atoms with E-state index in [2.05, 4.69) is 10.1 Å². The second-order valence-corrected chi connectivity index (χ2v) is 5.07. The monoisotopic (exact) mass is 310 g/mol. The van der Waals surface area contributed by atoms with Crippen LogP contribution in [-0.4, -0.2) is 65.0 Å². The van der Waals surface area contributed by atoms with Crippen LogP contribution in [0.15, 0.2) is 4.52 Å². The highest BCUT2D eigenvalue weighted by molar-refractivity contribution is 4.87. The molecule has 2 rings (SSSR count). The molecule has 5 nitrogen and oxygen atoms in total. The summed E-state index contributed by atoms with van der Waals surface area (Å²) in [7, 11) is 0. The minimum absolute atomic E-state index is 0.320. The molecule has 0 N–H and O–H groups in total. The Kier molecular flexibility index (Phi) is 5.15. The smallest absolute Gasteiger partial charge is 0.319 e. The number of hydrogen-bond donors (Lipinski definition) is 0. The summed E-state index contributed by atoms with van der Waals surface area (Å²) in [5, 5.41) is 3.82. The van der Waals surface area contributed by atoms with Gasteiger partial charge in [-0.05, 0) is 0 Å². The first-order chi connectivity index (χ1) is 9.90. The molecule has 1 aliphatic rings. The van der Waals surface area contributed by atoms with E-state index in [1.807, 2.05) is 11.8 Å². The van der Waals surface area contributed by atoms with Crippen molar-refractivity contribution in [2.24, 2.45) is 0 Å². The normalized spacial score (nSPS) is 18.6. The fourth-order valence-corrected chi connectivity index (χ4v) is 2.17. The lowest BCUT2D eigenvalue weighted by Crippen LogP contribution is -2.51. The van der Waals surface area contributed by atoms with E-state index in [4.69, 9.17) is 4.52 Å². The Morgan fingerprint density at radius 1 is 1.19 bits per heavy atom. The van der Waals surface area contributed by atoms with Crippen LogP contribution in [0.2, 0.25) is 0 Å². The molecular formula is C12H18F4N4O. The topological polar surface area (TPSA) is 45.4 Å². The Labute approximate surface area is 119 Å². The van der Waals surface area contributed by atoms with Crippen molar-refractivity contribution in [2.75, 3.05) is 32.7 Å². The van der Waals surface area contributed by atoms with Gasteiger partial charge in [-0.1, -0.05) is 12.1 Å². The summed E-state index contributed by atoms with van der Waals surface area (Å²) in [6.07, 6.45) is -2.97. The molecule has 0 spiro atoms. The van der Waals surface area contributed by atoms with Crippen LogP contribution in [0, 0.1) is 0 Å². The molecule has 0 radical (unpaired) electrons. The third kappa shape index (κ3) is 4.37. The number of rotatable bonds is 6. The standard InChI is InChI=1S/C12H18F4N4O/c1-2-10-17-9(18-21-10)7-19-3-5-20(6-4-19)8-12(15,16)11(13)14/h11H,2-8H2,1H3. The molecule has 9 heteroatoms. The quantitative estimate of drug-likeness (QED) is 0.748. The van der Waals surface area contributed by atoms with Crippen LogP contribution in [0.25, 0.3) is 0 Å². The zero-order valence-electron chi connectivity index (χ0n) is 11.7. The van der Waals surface area contributed by atoms with Gasteiger partial charge in [-0.25, -0.2) is 8.78 Å². The molecule has 21 heavy (non-hydrogen) atoms. The van der Waals surface area contributed by atoms with E-state index < -0.39 is 18.9 Å². The van der Waals surface area contributed by atoms with Gasteiger partial charge in [-0.15, -0.1) is 0 Å². The molecule has 0 amide bonds. The Morgan fingerprint density at radius 3 is 2.33 bits per heavy atom. The maximum Gasteiger partial charge on any atom is 0.319 e. The predicted octanol–water partition coefficient (Wildman–Crippen LogP) is 1.65. The van der Waals surface area contributed by atoms with Crippen molar-refractivity contribution in [1.82, 2.24) is 19.9 Å². The van der Waals surface area contributed by atoms with Crippen LogP contribution in [0.3, 0.4) is 0 Å². The van der Waals surface area contributed by atoms with Crippen molar-refractivity contribution < 1.29 is 22.1 Å². The zero-order valence-corrected chi connectivity index (χ0v) is 11.7. The van der Waals surface area contributed by atoms with Crippen molar-refractivity contribution in [2.45, 2.75) is 32.2 Å². The van der Waals surface area contributed by atoms with Gasteiger partial charge in [0.15, 0.2) is 5.82 Å². The van der Waals surface area contributed by atoms with Crippen LogP contribution in [0.1, 0.15) is 18.6 Å². The van der Waals surface area contributed by atoms with Gasteiger partial charge in [-0.2, -0.15) is 13.8 Å². The highest BCUT2D eigenvalue weighted by Gasteiger charge is 2.42. The summed E-state index contributed by atoms with van der Waals surface area (Å²) in [5.41, 5.74) is 0. The van der Waals surface area contributed by atoms with Crippen LogP contribution in [-0.2, 0) is 13.0 Å². The van der Waals surface area contributed by atoms with Gasteiger partial charge in [0.2, 0.25) is 5.89 Å². The lowest BCUT2D eigenvalue weighted by molar-refractivity contribution is -0.145. The first-order valence-corrected chi connectivity index (χ1v) is 6.83. The molecule has 0 unspecified atom stereocenters. The third-order valence-corrected chi connectivity index (χ3v) is 3.40. The lowest BCUT2D eigenvalue weighted by Gasteiger charge is -2.35. The Bertz CT molecular complexity index is 446. The molecular weight excluding hydrogens is 292 g/mol. The summed E-state index contributed by atoms with van der Waals surface area (Å²) in [5.74, 6) is -2.84. The molecule has 1 aromatic rings. The number of aryl methyl sites for hydroxylation is 1. The number of hydrogen-bond acceptors (Lipinski definition) is 5. The number of aromatic nitrogens is 2. The number of halogens is 4. The van der Waals surface area contributed by atoms with E-state index in [9.17, 15) is 17.6 Å². The highest BCUT2D eigenvalue weighted by atomic mass is 19.3.